The molecule has 148 valence electrons. The van der Waals surface area contributed by atoms with E-state index in [-0.39, 0.29) is 18.7 Å². The van der Waals surface area contributed by atoms with Crippen molar-refractivity contribution in [3.05, 3.63) is 58.0 Å². The van der Waals surface area contributed by atoms with Crippen LogP contribution in [-0.4, -0.2) is 23.8 Å². The van der Waals surface area contributed by atoms with Crippen LogP contribution in [0.15, 0.2) is 53.0 Å². The van der Waals surface area contributed by atoms with Gasteiger partial charge in [-0.15, -0.1) is 0 Å². The number of para-hydroxylation sites is 1. The predicted molar refractivity (Wildman–Crippen MR) is 110 cm³/mol. The maximum atomic E-state index is 12.0. The highest BCUT2D eigenvalue weighted by Crippen LogP contribution is 2.28. The lowest BCUT2D eigenvalue weighted by atomic mass is 10.2. The topological polar surface area (TPSA) is 96.5 Å². The highest BCUT2D eigenvalue weighted by Gasteiger charge is 2.17. The van der Waals surface area contributed by atoms with E-state index < -0.39 is 17.9 Å². The lowest BCUT2D eigenvalue weighted by molar-refractivity contribution is -0.133. The fourth-order valence-electron chi connectivity index (χ4n) is 2.08. The number of anilines is 1. The summed E-state index contributed by atoms with van der Waals surface area (Å²) in [6, 6.07) is 13.8. The quantitative estimate of drug-likeness (QED) is 0.542. The van der Waals surface area contributed by atoms with Crippen LogP contribution < -0.4 is 20.9 Å². The SMILES string of the molecule is CC(Oc1ccc(Cl)cc1Br)C(=O)NNC(=O)CCC(=O)Nc1ccccc1. The maximum Gasteiger partial charge on any atom is 0.279 e. The van der Waals surface area contributed by atoms with Gasteiger partial charge in [-0.05, 0) is 53.2 Å². The summed E-state index contributed by atoms with van der Waals surface area (Å²) in [6.07, 6.45) is -0.948. The molecule has 0 aliphatic rings. The van der Waals surface area contributed by atoms with Crippen molar-refractivity contribution in [2.75, 3.05) is 5.32 Å². The molecular formula is C19H19BrClN3O4. The van der Waals surface area contributed by atoms with Gasteiger partial charge in [-0.2, -0.15) is 0 Å². The zero-order chi connectivity index (χ0) is 20.5. The minimum absolute atomic E-state index is 0.0135. The number of benzene rings is 2. The lowest BCUT2D eigenvalue weighted by Crippen LogP contribution is -2.47. The fraction of sp³-hybridized carbons (Fsp3) is 0.211. The lowest BCUT2D eigenvalue weighted by Gasteiger charge is -2.16. The molecule has 7 nitrogen and oxygen atoms in total. The smallest absolute Gasteiger partial charge is 0.279 e. The van der Waals surface area contributed by atoms with Crippen molar-refractivity contribution in [3.63, 3.8) is 0 Å². The van der Waals surface area contributed by atoms with Gasteiger partial charge in [0.15, 0.2) is 6.10 Å². The number of hydrogen-bond acceptors (Lipinski definition) is 4. The van der Waals surface area contributed by atoms with Crippen LogP contribution in [0, 0.1) is 0 Å². The van der Waals surface area contributed by atoms with Gasteiger partial charge in [-0.1, -0.05) is 29.8 Å². The molecule has 0 aromatic heterocycles. The van der Waals surface area contributed by atoms with Crippen molar-refractivity contribution in [2.45, 2.75) is 25.9 Å². The number of hydrazine groups is 1. The first-order valence-electron chi connectivity index (χ1n) is 8.40. The highest BCUT2D eigenvalue weighted by molar-refractivity contribution is 9.10. The Morgan fingerprint density at radius 3 is 2.39 bits per heavy atom. The fourth-order valence-corrected chi connectivity index (χ4v) is 2.86. The first-order chi connectivity index (χ1) is 13.3. The second-order valence-electron chi connectivity index (χ2n) is 5.79. The minimum atomic E-state index is -0.862. The molecule has 0 fully saturated rings. The van der Waals surface area contributed by atoms with Gasteiger partial charge in [0.2, 0.25) is 11.8 Å². The Balaban J connectivity index is 1.71. The Hall–Kier alpha value is -2.58. The van der Waals surface area contributed by atoms with Crippen LogP contribution in [0.25, 0.3) is 0 Å². The maximum absolute atomic E-state index is 12.0. The molecule has 9 heteroatoms. The summed E-state index contributed by atoms with van der Waals surface area (Å²) in [5.41, 5.74) is 5.18. The molecule has 0 bridgehead atoms. The normalized spacial score (nSPS) is 11.2. The van der Waals surface area contributed by atoms with Crippen molar-refractivity contribution in [2.24, 2.45) is 0 Å². The third-order valence-corrected chi connectivity index (χ3v) is 4.38. The van der Waals surface area contributed by atoms with E-state index in [9.17, 15) is 14.4 Å². The summed E-state index contributed by atoms with van der Waals surface area (Å²) in [6.45, 7) is 1.54. The van der Waals surface area contributed by atoms with Gasteiger partial charge in [0, 0.05) is 23.6 Å². The molecule has 2 aromatic rings. The van der Waals surface area contributed by atoms with Crippen LogP contribution in [0.4, 0.5) is 5.69 Å². The van der Waals surface area contributed by atoms with Crippen LogP contribution in [-0.2, 0) is 14.4 Å². The minimum Gasteiger partial charge on any atom is -0.480 e. The van der Waals surface area contributed by atoms with E-state index in [0.717, 1.165) is 0 Å². The Morgan fingerprint density at radius 2 is 1.71 bits per heavy atom. The number of ether oxygens (including phenoxy) is 1. The van der Waals surface area contributed by atoms with E-state index in [1.165, 1.54) is 6.92 Å². The van der Waals surface area contributed by atoms with Crippen LogP contribution in [0.2, 0.25) is 5.02 Å². The van der Waals surface area contributed by atoms with E-state index in [4.69, 9.17) is 16.3 Å². The molecule has 0 radical (unpaired) electrons. The first-order valence-corrected chi connectivity index (χ1v) is 9.57. The van der Waals surface area contributed by atoms with E-state index in [0.29, 0.717) is 20.9 Å². The number of carbonyl (C=O) groups excluding carboxylic acids is 3. The molecule has 2 aromatic carbocycles. The molecule has 2 rings (SSSR count). The Morgan fingerprint density at radius 1 is 1.04 bits per heavy atom. The standard InChI is InChI=1S/C19H19BrClN3O4/c1-12(28-16-8-7-13(21)11-15(16)20)19(27)24-23-18(26)10-9-17(25)22-14-5-3-2-4-6-14/h2-8,11-12H,9-10H2,1H3,(H,22,25)(H,23,26)(H,24,27). The van der Waals surface area contributed by atoms with Gasteiger partial charge in [0.05, 0.1) is 4.47 Å². The molecule has 28 heavy (non-hydrogen) atoms. The average molecular weight is 469 g/mol. The summed E-state index contributed by atoms with van der Waals surface area (Å²) < 4.78 is 6.13. The molecule has 3 amide bonds. The first kappa shape index (κ1) is 21.7. The van der Waals surface area contributed by atoms with Gasteiger partial charge in [0.1, 0.15) is 5.75 Å². The molecule has 0 saturated carbocycles. The third-order valence-electron chi connectivity index (χ3n) is 3.53. The van der Waals surface area contributed by atoms with Crippen molar-refractivity contribution in [3.8, 4) is 5.75 Å². The Labute approximate surface area is 175 Å². The number of nitrogens with one attached hydrogen (secondary N) is 3. The summed E-state index contributed by atoms with van der Waals surface area (Å²) in [5.74, 6) is -0.881. The summed E-state index contributed by atoms with van der Waals surface area (Å²) in [4.78, 5) is 35.7. The van der Waals surface area contributed by atoms with Gasteiger partial charge >= 0.3 is 0 Å². The highest BCUT2D eigenvalue weighted by atomic mass is 79.9. The van der Waals surface area contributed by atoms with Crippen molar-refractivity contribution in [1.29, 1.82) is 0 Å². The third kappa shape index (κ3) is 7.21. The second kappa shape index (κ2) is 10.7. The number of carbonyl (C=O) groups is 3. The van der Waals surface area contributed by atoms with Crippen molar-refractivity contribution in [1.82, 2.24) is 10.9 Å². The van der Waals surface area contributed by atoms with E-state index in [1.807, 2.05) is 6.07 Å². The van der Waals surface area contributed by atoms with E-state index in [1.54, 1.807) is 42.5 Å². The van der Waals surface area contributed by atoms with Gasteiger partial charge in [-0.25, -0.2) is 0 Å². The zero-order valence-corrected chi connectivity index (χ0v) is 17.3. The van der Waals surface area contributed by atoms with Crippen molar-refractivity contribution < 1.29 is 19.1 Å². The molecule has 0 heterocycles. The van der Waals surface area contributed by atoms with Crippen LogP contribution in [0.5, 0.6) is 5.75 Å². The summed E-state index contributed by atoms with van der Waals surface area (Å²) >= 11 is 9.15. The number of amides is 3. The van der Waals surface area contributed by atoms with Crippen LogP contribution >= 0.6 is 27.5 Å². The summed E-state index contributed by atoms with van der Waals surface area (Å²) in [5, 5.41) is 3.20. The molecule has 0 saturated heterocycles. The van der Waals surface area contributed by atoms with E-state index >= 15 is 0 Å². The predicted octanol–water partition coefficient (Wildman–Crippen LogP) is 3.44. The second-order valence-corrected chi connectivity index (χ2v) is 7.08. The summed E-state index contributed by atoms with van der Waals surface area (Å²) in [7, 11) is 0. The van der Waals surface area contributed by atoms with Gasteiger partial charge in [0.25, 0.3) is 5.91 Å². The van der Waals surface area contributed by atoms with E-state index in [2.05, 4.69) is 32.1 Å². The van der Waals surface area contributed by atoms with Crippen LogP contribution in [0.1, 0.15) is 19.8 Å². The Bertz CT molecular complexity index is 848. The molecule has 0 aliphatic carbocycles. The largest absolute Gasteiger partial charge is 0.480 e. The van der Waals surface area contributed by atoms with Crippen LogP contribution in [0.3, 0.4) is 0 Å². The van der Waals surface area contributed by atoms with Gasteiger partial charge < -0.3 is 10.1 Å². The molecule has 1 unspecified atom stereocenters. The average Bonchev–Trinajstić information content (AvgIpc) is 2.67. The van der Waals surface area contributed by atoms with Gasteiger partial charge in [-0.3, -0.25) is 25.2 Å². The number of rotatable bonds is 7. The molecular weight excluding hydrogens is 450 g/mol. The molecule has 3 N–H and O–H groups in total. The molecule has 0 aliphatic heterocycles. The zero-order valence-electron chi connectivity index (χ0n) is 15.0. The Kier molecular flexibility index (Phi) is 8.28. The number of halogens is 2. The van der Waals surface area contributed by atoms with Crippen molar-refractivity contribution >= 4 is 50.9 Å². The molecule has 0 spiro atoms. The number of hydrogen-bond donors (Lipinski definition) is 3. The molecule has 1 atom stereocenters. The monoisotopic (exact) mass is 467 g/mol.